The van der Waals surface area contributed by atoms with Gasteiger partial charge in [0.05, 0.1) is 19.3 Å². The molecule has 0 saturated carbocycles. The number of carbonyl (C=O) groups excluding carboxylic acids is 1. The Hall–Kier alpha value is -1.60. The highest BCUT2D eigenvalue weighted by Gasteiger charge is 2.27. The lowest BCUT2D eigenvalue weighted by Crippen LogP contribution is -2.51. The van der Waals surface area contributed by atoms with E-state index in [1.54, 1.807) is 12.0 Å². The van der Waals surface area contributed by atoms with Gasteiger partial charge in [-0.15, -0.1) is 0 Å². The van der Waals surface area contributed by atoms with Crippen LogP contribution in [0.15, 0.2) is 24.3 Å². The van der Waals surface area contributed by atoms with Crippen molar-refractivity contribution in [2.75, 3.05) is 39.0 Å². The van der Waals surface area contributed by atoms with Crippen molar-refractivity contribution in [3.63, 3.8) is 0 Å². The highest BCUT2D eigenvalue weighted by molar-refractivity contribution is 7.89. The van der Waals surface area contributed by atoms with Gasteiger partial charge >= 0.3 is 0 Å². The smallest absolute Gasteiger partial charge is 0.227 e. The van der Waals surface area contributed by atoms with Crippen LogP contribution in [0, 0.1) is 0 Å². The van der Waals surface area contributed by atoms with Crippen LogP contribution in [0.5, 0.6) is 5.75 Å². The molecule has 1 amide bonds. The van der Waals surface area contributed by atoms with Crippen LogP contribution in [0.1, 0.15) is 18.9 Å². The molecule has 7 heteroatoms. The molecule has 23 heavy (non-hydrogen) atoms. The zero-order valence-electron chi connectivity index (χ0n) is 13.7. The second-order valence-electron chi connectivity index (χ2n) is 5.62. The molecule has 1 fully saturated rings. The highest BCUT2D eigenvalue weighted by atomic mass is 32.2. The molecule has 1 aromatic rings. The van der Waals surface area contributed by atoms with Crippen LogP contribution in [-0.4, -0.2) is 62.6 Å². The summed E-state index contributed by atoms with van der Waals surface area (Å²) in [6, 6.07) is 7.41. The summed E-state index contributed by atoms with van der Waals surface area (Å²) >= 11 is 0. The molecule has 0 radical (unpaired) electrons. The molecule has 1 heterocycles. The van der Waals surface area contributed by atoms with Gasteiger partial charge in [0.25, 0.3) is 0 Å². The minimum absolute atomic E-state index is 0.0303. The van der Waals surface area contributed by atoms with Crippen LogP contribution in [0.2, 0.25) is 0 Å². The van der Waals surface area contributed by atoms with Crippen LogP contribution >= 0.6 is 0 Å². The first-order valence-corrected chi connectivity index (χ1v) is 9.45. The van der Waals surface area contributed by atoms with Gasteiger partial charge in [-0.2, -0.15) is 4.31 Å². The average molecular weight is 340 g/mol. The van der Waals surface area contributed by atoms with E-state index in [4.69, 9.17) is 4.74 Å². The van der Waals surface area contributed by atoms with Crippen molar-refractivity contribution in [3.8, 4) is 5.75 Å². The Morgan fingerprint density at radius 1 is 1.13 bits per heavy atom. The van der Waals surface area contributed by atoms with Crippen LogP contribution in [-0.2, 0) is 21.2 Å². The summed E-state index contributed by atoms with van der Waals surface area (Å²) in [6.45, 7) is 3.54. The standard InChI is InChI=1S/C16H24N2O4S/c1-3-12-23(20,21)18-10-8-17(9-11-18)16(19)13-14-4-6-15(22-2)7-5-14/h4-7H,3,8-13H2,1-2H3. The monoisotopic (exact) mass is 340 g/mol. The molecule has 6 nitrogen and oxygen atoms in total. The van der Waals surface area contributed by atoms with Crippen molar-refractivity contribution in [3.05, 3.63) is 29.8 Å². The van der Waals surface area contributed by atoms with Crippen molar-refractivity contribution in [2.45, 2.75) is 19.8 Å². The molecule has 0 N–H and O–H groups in total. The largest absolute Gasteiger partial charge is 0.497 e. The van der Waals surface area contributed by atoms with Crippen molar-refractivity contribution < 1.29 is 17.9 Å². The summed E-state index contributed by atoms with van der Waals surface area (Å²) in [6.07, 6.45) is 0.935. The van der Waals surface area contributed by atoms with Crippen molar-refractivity contribution >= 4 is 15.9 Å². The molecule has 0 spiro atoms. The lowest BCUT2D eigenvalue weighted by Gasteiger charge is -2.34. The Morgan fingerprint density at radius 3 is 2.26 bits per heavy atom. The van der Waals surface area contributed by atoms with Gasteiger partial charge in [0.15, 0.2) is 0 Å². The Bertz CT molecular complexity index is 620. The van der Waals surface area contributed by atoms with E-state index in [0.29, 0.717) is 39.0 Å². The van der Waals surface area contributed by atoms with Gasteiger partial charge < -0.3 is 9.64 Å². The molecule has 0 bridgehead atoms. The second kappa shape index (κ2) is 7.79. The third-order valence-corrected chi connectivity index (χ3v) is 6.04. The zero-order chi connectivity index (χ0) is 16.9. The quantitative estimate of drug-likeness (QED) is 0.778. The summed E-state index contributed by atoms with van der Waals surface area (Å²) in [5.74, 6) is 0.964. The topological polar surface area (TPSA) is 66.9 Å². The predicted octanol–water partition coefficient (Wildman–Crippen LogP) is 1.12. The highest BCUT2D eigenvalue weighted by Crippen LogP contribution is 2.14. The maximum Gasteiger partial charge on any atom is 0.227 e. The van der Waals surface area contributed by atoms with Gasteiger partial charge in [0.1, 0.15) is 5.75 Å². The Labute approximate surface area is 138 Å². The van der Waals surface area contributed by atoms with Gasteiger partial charge in [-0.05, 0) is 24.1 Å². The fourth-order valence-corrected chi connectivity index (χ4v) is 4.13. The molecule has 0 atom stereocenters. The molecule has 0 aromatic heterocycles. The third kappa shape index (κ3) is 4.68. The zero-order valence-corrected chi connectivity index (χ0v) is 14.5. The molecule has 0 aliphatic carbocycles. The number of hydrogen-bond donors (Lipinski definition) is 0. The van der Waals surface area contributed by atoms with Crippen LogP contribution in [0.25, 0.3) is 0 Å². The van der Waals surface area contributed by atoms with E-state index in [1.807, 2.05) is 31.2 Å². The fourth-order valence-electron chi connectivity index (χ4n) is 2.63. The van der Waals surface area contributed by atoms with Gasteiger partial charge in [-0.1, -0.05) is 19.1 Å². The molecule has 128 valence electrons. The summed E-state index contributed by atoms with van der Waals surface area (Å²) < 4.78 is 30.6. The molecule has 0 unspecified atom stereocenters. The number of hydrogen-bond acceptors (Lipinski definition) is 4. The normalized spacial score (nSPS) is 16.3. The first-order valence-electron chi connectivity index (χ1n) is 7.85. The average Bonchev–Trinajstić information content (AvgIpc) is 2.55. The van der Waals surface area contributed by atoms with Crippen LogP contribution in [0.3, 0.4) is 0 Å². The third-order valence-electron chi connectivity index (χ3n) is 3.96. The number of nitrogens with zero attached hydrogens (tertiary/aromatic N) is 2. The van der Waals surface area contributed by atoms with E-state index in [1.165, 1.54) is 4.31 Å². The van der Waals surface area contributed by atoms with E-state index in [-0.39, 0.29) is 11.7 Å². The first kappa shape index (κ1) is 17.7. The maximum absolute atomic E-state index is 12.3. The van der Waals surface area contributed by atoms with Gasteiger partial charge in [0.2, 0.25) is 15.9 Å². The molecule has 1 aliphatic rings. The molecule has 1 saturated heterocycles. The van der Waals surface area contributed by atoms with Crippen molar-refractivity contribution in [1.29, 1.82) is 0 Å². The van der Waals surface area contributed by atoms with Gasteiger partial charge in [0, 0.05) is 26.2 Å². The van der Waals surface area contributed by atoms with E-state index in [2.05, 4.69) is 0 Å². The molecule has 1 aromatic carbocycles. The van der Waals surface area contributed by atoms with Crippen molar-refractivity contribution in [1.82, 2.24) is 9.21 Å². The number of benzene rings is 1. The minimum Gasteiger partial charge on any atom is -0.497 e. The van der Waals surface area contributed by atoms with E-state index in [9.17, 15) is 13.2 Å². The van der Waals surface area contributed by atoms with E-state index >= 15 is 0 Å². The number of amides is 1. The first-order chi connectivity index (χ1) is 11.0. The number of ether oxygens (including phenoxy) is 1. The maximum atomic E-state index is 12.3. The number of sulfonamides is 1. The summed E-state index contributed by atoms with van der Waals surface area (Å²) in [5.41, 5.74) is 0.928. The molecule has 2 rings (SSSR count). The van der Waals surface area contributed by atoms with E-state index < -0.39 is 10.0 Å². The van der Waals surface area contributed by atoms with Crippen LogP contribution in [0.4, 0.5) is 0 Å². The Balaban J connectivity index is 1.88. The number of piperazine rings is 1. The SMILES string of the molecule is CCCS(=O)(=O)N1CCN(C(=O)Cc2ccc(OC)cc2)CC1. The fraction of sp³-hybridized carbons (Fsp3) is 0.562. The Morgan fingerprint density at radius 2 is 1.74 bits per heavy atom. The Kier molecular flexibility index (Phi) is 6.01. The van der Waals surface area contributed by atoms with E-state index in [0.717, 1.165) is 11.3 Å². The van der Waals surface area contributed by atoms with Crippen LogP contribution < -0.4 is 4.74 Å². The number of carbonyl (C=O) groups is 1. The summed E-state index contributed by atoms with van der Waals surface area (Å²) in [7, 11) is -1.56. The lowest BCUT2D eigenvalue weighted by molar-refractivity contribution is -0.131. The molecular weight excluding hydrogens is 316 g/mol. The van der Waals surface area contributed by atoms with Gasteiger partial charge in [-0.25, -0.2) is 8.42 Å². The molecular formula is C16H24N2O4S. The predicted molar refractivity (Wildman–Crippen MR) is 88.9 cm³/mol. The van der Waals surface area contributed by atoms with Gasteiger partial charge in [-0.3, -0.25) is 4.79 Å². The lowest BCUT2D eigenvalue weighted by atomic mass is 10.1. The summed E-state index contributed by atoms with van der Waals surface area (Å²) in [5, 5.41) is 0. The number of methoxy groups -OCH3 is 1. The summed E-state index contributed by atoms with van der Waals surface area (Å²) in [4.78, 5) is 14.1. The number of rotatable bonds is 6. The van der Waals surface area contributed by atoms with Crippen molar-refractivity contribution in [2.24, 2.45) is 0 Å². The molecule has 1 aliphatic heterocycles. The second-order valence-corrected chi connectivity index (χ2v) is 7.71. The minimum atomic E-state index is -3.17.